The van der Waals surface area contributed by atoms with E-state index in [1.54, 1.807) is 6.34 Å². The van der Waals surface area contributed by atoms with Gasteiger partial charge in [-0.3, -0.25) is 14.6 Å². The molecule has 2 fully saturated rings. The van der Waals surface area contributed by atoms with Gasteiger partial charge in [0.25, 0.3) is 0 Å². The predicted octanol–water partition coefficient (Wildman–Crippen LogP) is 6.84. The zero-order chi connectivity index (χ0) is 30.2. The topological polar surface area (TPSA) is 67.3 Å². The van der Waals surface area contributed by atoms with Gasteiger partial charge in [0.2, 0.25) is 5.91 Å². The minimum Gasteiger partial charge on any atom is -0.354 e. The van der Waals surface area contributed by atoms with Gasteiger partial charge in [-0.1, -0.05) is 46.8 Å². The average Bonchev–Trinajstić information content (AvgIpc) is 3.36. The van der Waals surface area contributed by atoms with Crippen LogP contribution < -0.4 is 0 Å². The maximum Gasteiger partial charge on any atom is 0.236 e. The molecule has 228 valence electrons. The summed E-state index contributed by atoms with van der Waals surface area (Å²) in [6, 6.07) is 7.00. The number of piperidine rings is 1. The van der Waals surface area contributed by atoms with Crippen molar-refractivity contribution in [3.05, 3.63) is 52.7 Å². The summed E-state index contributed by atoms with van der Waals surface area (Å²) in [7, 11) is 0. The first-order valence-electron chi connectivity index (χ1n) is 16.2. The Balaban J connectivity index is 0.00000198. The van der Waals surface area contributed by atoms with Crippen LogP contribution in [-0.4, -0.2) is 90.1 Å². The van der Waals surface area contributed by atoms with Crippen molar-refractivity contribution < 1.29 is 4.79 Å². The predicted molar refractivity (Wildman–Crippen MR) is 179 cm³/mol. The Morgan fingerprint density at radius 3 is 2.33 bits per heavy atom. The minimum atomic E-state index is 0.303. The van der Waals surface area contributed by atoms with E-state index in [0.29, 0.717) is 24.3 Å². The number of nitrogens with one attached hydrogen (secondary N) is 1. The number of hydrogen-bond donors (Lipinski definition) is 1. The van der Waals surface area contributed by atoms with Crippen molar-refractivity contribution >= 4 is 34.6 Å². The molecule has 1 aromatic heterocycles. The van der Waals surface area contributed by atoms with Crippen molar-refractivity contribution in [2.75, 3.05) is 52.4 Å². The molecule has 0 spiro atoms. The number of amides is 1. The third-order valence-corrected chi connectivity index (χ3v) is 8.81. The maximum absolute atomic E-state index is 13.0. The summed E-state index contributed by atoms with van der Waals surface area (Å²) in [5.74, 6) is 2.03. The van der Waals surface area contributed by atoms with Gasteiger partial charge in [-0.05, 0) is 105 Å². The van der Waals surface area contributed by atoms with Gasteiger partial charge in [-0.2, -0.15) is 0 Å². The summed E-state index contributed by atoms with van der Waals surface area (Å²) >= 11 is 0. The lowest BCUT2D eigenvalue weighted by molar-refractivity contribution is -0.134. The van der Waals surface area contributed by atoms with Crippen LogP contribution in [0.15, 0.2) is 45.9 Å². The SMILES string of the molecule is C/C=C(\C=C(\C)C1=NC=N1)c1[nH]c2ccc(C3CCN(CC(=O)N4CCN(CCC)CC4)CC3)cc2c1C(C)C.CC. The number of likely N-dealkylation sites (tertiary alicyclic amines) is 1. The number of aromatic amines is 1. The molecule has 7 nitrogen and oxygen atoms in total. The van der Waals surface area contributed by atoms with Crippen molar-refractivity contribution in [3.63, 3.8) is 0 Å². The van der Waals surface area contributed by atoms with Crippen molar-refractivity contribution in [2.24, 2.45) is 9.98 Å². The van der Waals surface area contributed by atoms with E-state index in [1.165, 1.54) is 39.7 Å². The van der Waals surface area contributed by atoms with Crippen LogP contribution in [0.3, 0.4) is 0 Å². The third kappa shape index (κ3) is 7.30. The molecule has 7 heteroatoms. The number of carbonyl (C=O) groups excluding carboxylic acids is 1. The van der Waals surface area contributed by atoms with Gasteiger partial charge in [0.05, 0.1) is 6.54 Å². The largest absolute Gasteiger partial charge is 0.354 e. The summed E-state index contributed by atoms with van der Waals surface area (Å²) < 4.78 is 0. The van der Waals surface area contributed by atoms with Gasteiger partial charge in [0, 0.05) is 42.8 Å². The quantitative estimate of drug-likeness (QED) is 0.335. The van der Waals surface area contributed by atoms with Crippen LogP contribution in [-0.2, 0) is 4.79 Å². The van der Waals surface area contributed by atoms with Gasteiger partial charge < -0.3 is 9.88 Å². The lowest BCUT2D eigenvalue weighted by atomic mass is 9.87. The highest BCUT2D eigenvalue weighted by molar-refractivity contribution is 6.12. The number of aromatic nitrogens is 1. The van der Waals surface area contributed by atoms with Gasteiger partial charge in [0.15, 0.2) is 5.84 Å². The summed E-state index contributed by atoms with van der Waals surface area (Å²) in [5, 5.41) is 1.33. The van der Waals surface area contributed by atoms with Crippen LogP contribution in [0.2, 0.25) is 0 Å². The summed E-state index contributed by atoms with van der Waals surface area (Å²) in [4.78, 5) is 32.1. The molecule has 0 unspecified atom stereocenters. The van der Waals surface area contributed by atoms with Crippen LogP contribution in [0.1, 0.15) is 96.4 Å². The Hall–Kier alpha value is -3.03. The second-order valence-corrected chi connectivity index (χ2v) is 11.9. The van der Waals surface area contributed by atoms with Crippen LogP contribution >= 0.6 is 0 Å². The number of H-pyrrole nitrogens is 1. The summed E-state index contributed by atoms with van der Waals surface area (Å²) in [5.41, 5.74) is 7.42. The number of allylic oxidation sites excluding steroid dienone is 3. The fourth-order valence-corrected chi connectivity index (χ4v) is 6.48. The lowest BCUT2D eigenvalue weighted by Crippen LogP contribution is -2.51. The number of rotatable bonds is 9. The van der Waals surface area contributed by atoms with E-state index >= 15 is 0 Å². The molecular formula is C35H52N6O. The molecule has 3 aliphatic rings. The molecule has 2 aromatic rings. The average molecular weight is 573 g/mol. The first kappa shape index (κ1) is 31.9. The van der Waals surface area contributed by atoms with Crippen molar-refractivity contribution in [1.82, 2.24) is 19.7 Å². The molecule has 4 heterocycles. The van der Waals surface area contributed by atoms with E-state index in [-0.39, 0.29) is 0 Å². The number of benzene rings is 1. The number of aliphatic imine (C=N–C) groups is 2. The highest BCUT2D eigenvalue weighted by atomic mass is 16.2. The number of nitrogens with zero attached hydrogens (tertiary/aromatic N) is 5. The number of hydrogen-bond acceptors (Lipinski definition) is 5. The number of carbonyl (C=O) groups is 1. The van der Waals surface area contributed by atoms with E-state index in [2.05, 4.69) is 94.6 Å². The number of fused-ring (bicyclic) bond motifs is 1. The Morgan fingerprint density at radius 2 is 1.76 bits per heavy atom. The Kier molecular flexibility index (Phi) is 11.3. The Labute approximate surface area is 253 Å². The molecule has 2 saturated heterocycles. The molecule has 1 aromatic carbocycles. The smallest absolute Gasteiger partial charge is 0.236 e. The van der Waals surface area contributed by atoms with E-state index in [9.17, 15) is 4.79 Å². The van der Waals surface area contributed by atoms with E-state index in [1.807, 2.05) is 13.8 Å². The lowest BCUT2D eigenvalue weighted by Gasteiger charge is -2.37. The molecule has 1 N–H and O–H groups in total. The van der Waals surface area contributed by atoms with Crippen LogP contribution in [0.4, 0.5) is 0 Å². The summed E-state index contributed by atoms with van der Waals surface area (Å²) in [6.07, 6.45) is 9.34. The molecule has 0 bridgehead atoms. The molecule has 3 aliphatic heterocycles. The normalized spacial score (nSPS) is 19.1. The first-order chi connectivity index (χ1) is 20.4. The zero-order valence-electron chi connectivity index (χ0n) is 27.0. The van der Waals surface area contributed by atoms with Gasteiger partial charge in [-0.25, -0.2) is 9.98 Å². The molecule has 5 rings (SSSR count). The molecule has 0 radical (unpaired) electrons. The monoisotopic (exact) mass is 572 g/mol. The summed E-state index contributed by atoms with van der Waals surface area (Å²) in [6.45, 7) is 22.4. The standard InChI is InChI=1S/C33H46N6O.C2H6/c1-6-12-37-15-17-39(18-16-37)30(40)21-38-13-10-26(11-14-38)27-8-9-29-28(20-27)31(23(3)4)32(36-29)25(7-2)19-24(5)33-34-22-35-33;1-2/h7-9,19-20,22-23,26,36H,6,10-18,21H2,1-5H3;1-2H3/b24-19-,25-7+;. The molecule has 0 aliphatic carbocycles. The second kappa shape index (κ2) is 14.9. The van der Waals surface area contributed by atoms with E-state index in [4.69, 9.17) is 0 Å². The Morgan fingerprint density at radius 1 is 1.07 bits per heavy atom. The van der Waals surface area contributed by atoms with Crippen molar-refractivity contribution in [2.45, 2.75) is 79.6 Å². The van der Waals surface area contributed by atoms with Crippen LogP contribution in [0.25, 0.3) is 16.5 Å². The zero-order valence-corrected chi connectivity index (χ0v) is 27.0. The molecule has 1 amide bonds. The molecule has 0 atom stereocenters. The number of piperazine rings is 1. The molecule has 42 heavy (non-hydrogen) atoms. The fourth-order valence-electron chi connectivity index (χ4n) is 6.48. The first-order valence-corrected chi connectivity index (χ1v) is 16.2. The molecular weight excluding hydrogens is 520 g/mol. The van der Waals surface area contributed by atoms with Gasteiger partial charge in [0.1, 0.15) is 6.34 Å². The maximum atomic E-state index is 13.0. The van der Waals surface area contributed by atoms with Crippen LogP contribution in [0, 0.1) is 0 Å². The number of amidine groups is 1. The van der Waals surface area contributed by atoms with Gasteiger partial charge in [-0.15, -0.1) is 0 Å². The van der Waals surface area contributed by atoms with Crippen molar-refractivity contribution in [3.8, 4) is 0 Å². The van der Waals surface area contributed by atoms with E-state index < -0.39 is 0 Å². The Bertz CT molecular complexity index is 1330. The second-order valence-electron chi connectivity index (χ2n) is 11.9. The van der Waals surface area contributed by atoms with E-state index in [0.717, 1.165) is 70.1 Å². The van der Waals surface area contributed by atoms with Crippen LogP contribution in [0.5, 0.6) is 0 Å². The fraction of sp³-hybridized carbons (Fsp3) is 0.571. The third-order valence-electron chi connectivity index (χ3n) is 8.81. The highest BCUT2D eigenvalue weighted by Crippen LogP contribution is 2.37. The van der Waals surface area contributed by atoms with Gasteiger partial charge >= 0.3 is 0 Å². The van der Waals surface area contributed by atoms with Crippen molar-refractivity contribution in [1.29, 1.82) is 0 Å². The minimum absolute atomic E-state index is 0.303. The molecule has 0 saturated carbocycles. The highest BCUT2D eigenvalue weighted by Gasteiger charge is 2.27.